The first-order valence-corrected chi connectivity index (χ1v) is 9.34. The van der Waals surface area contributed by atoms with Gasteiger partial charge in [-0.3, -0.25) is 9.48 Å². The van der Waals surface area contributed by atoms with E-state index in [-0.39, 0.29) is 11.9 Å². The number of carbonyl (C=O) groups excluding carboxylic acids is 1. The molecule has 1 unspecified atom stereocenters. The van der Waals surface area contributed by atoms with Crippen molar-refractivity contribution in [1.82, 2.24) is 20.4 Å². The zero-order chi connectivity index (χ0) is 18.5. The maximum atomic E-state index is 12.7. The van der Waals surface area contributed by atoms with E-state index in [1.165, 1.54) is 0 Å². The molecule has 0 bridgehead atoms. The molecule has 2 heterocycles. The number of ether oxygens (including phenoxy) is 1. The second-order valence-electron chi connectivity index (χ2n) is 7.09. The van der Waals surface area contributed by atoms with E-state index >= 15 is 0 Å². The molecule has 0 saturated carbocycles. The largest absolute Gasteiger partial charge is 0.492 e. The van der Waals surface area contributed by atoms with Crippen LogP contribution in [0.5, 0.6) is 5.75 Å². The first-order valence-electron chi connectivity index (χ1n) is 9.34. The number of hydrogen-bond donors (Lipinski definition) is 2. The average molecular weight is 356 g/mol. The summed E-state index contributed by atoms with van der Waals surface area (Å²) < 4.78 is 7.73. The molecule has 1 amide bonds. The van der Waals surface area contributed by atoms with Crippen molar-refractivity contribution in [3.8, 4) is 5.75 Å². The number of fused-ring (bicyclic) bond motifs is 1. The SMILES string of the molecule is CC(C)C(C)NC(=O)c1nn(CCOc2ccccc2)c2c1CNCC2. The number of nitrogens with one attached hydrogen (secondary N) is 2. The van der Waals surface area contributed by atoms with E-state index in [1.807, 2.05) is 41.9 Å². The van der Waals surface area contributed by atoms with Crippen molar-refractivity contribution in [2.75, 3.05) is 13.2 Å². The van der Waals surface area contributed by atoms with Crippen LogP contribution in [0.2, 0.25) is 0 Å². The molecule has 140 valence electrons. The highest BCUT2D eigenvalue weighted by atomic mass is 16.5. The molecule has 1 aliphatic rings. The number of benzene rings is 1. The van der Waals surface area contributed by atoms with Crippen molar-refractivity contribution in [2.45, 2.75) is 46.3 Å². The Morgan fingerprint density at radius 2 is 2.08 bits per heavy atom. The van der Waals surface area contributed by atoms with Crippen LogP contribution >= 0.6 is 0 Å². The van der Waals surface area contributed by atoms with E-state index < -0.39 is 0 Å². The van der Waals surface area contributed by atoms with Crippen LogP contribution < -0.4 is 15.4 Å². The van der Waals surface area contributed by atoms with Gasteiger partial charge >= 0.3 is 0 Å². The molecule has 0 fully saturated rings. The number of carbonyl (C=O) groups is 1. The van der Waals surface area contributed by atoms with E-state index in [9.17, 15) is 4.79 Å². The minimum Gasteiger partial charge on any atom is -0.492 e. The normalized spacial score (nSPS) is 14.8. The Morgan fingerprint density at radius 3 is 2.81 bits per heavy atom. The molecule has 6 nitrogen and oxygen atoms in total. The van der Waals surface area contributed by atoms with Gasteiger partial charge in [-0.25, -0.2) is 0 Å². The van der Waals surface area contributed by atoms with Crippen LogP contribution in [0.3, 0.4) is 0 Å². The van der Waals surface area contributed by atoms with Crippen LogP contribution in [0.1, 0.15) is 42.5 Å². The van der Waals surface area contributed by atoms with Gasteiger partial charge in [-0.05, 0) is 25.0 Å². The van der Waals surface area contributed by atoms with Gasteiger partial charge in [0.25, 0.3) is 5.91 Å². The lowest BCUT2D eigenvalue weighted by Crippen LogP contribution is -2.37. The van der Waals surface area contributed by atoms with Crippen LogP contribution in [-0.4, -0.2) is 34.9 Å². The fourth-order valence-corrected chi connectivity index (χ4v) is 3.00. The van der Waals surface area contributed by atoms with Crippen molar-refractivity contribution >= 4 is 5.91 Å². The molecule has 1 aliphatic heterocycles. The van der Waals surface area contributed by atoms with Gasteiger partial charge in [0.1, 0.15) is 12.4 Å². The topological polar surface area (TPSA) is 68.2 Å². The third-order valence-corrected chi connectivity index (χ3v) is 4.90. The van der Waals surface area contributed by atoms with Crippen LogP contribution in [0.4, 0.5) is 0 Å². The summed E-state index contributed by atoms with van der Waals surface area (Å²) in [6.07, 6.45) is 0.876. The van der Waals surface area contributed by atoms with Crippen molar-refractivity contribution in [3.63, 3.8) is 0 Å². The maximum Gasteiger partial charge on any atom is 0.272 e. The fraction of sp³-hybridized carbons (Fsp3) is 0.500. The standard InChI is InChI=1S/C20H28N4O2/c1-14(2)15(3)22-20(25)19-17-13-21-10-9-18(17)24(23-19)11-12-26-16-7-5-4-6-8-16/h4-8,14-15,21H,9-13H2,1-3H3,(H,22,25). The van der Waals surface area contributed by atoms with Gasteiger partial charge in [0.15, 0.2) is 5.69 Å². The Hall–Kier alpha value is -2.34. The molecule has 0 radical (unpaired) electrons. The Bertz CT molecular complexity index is 740. The molecule has 1 aromatic heterocycles. The van der Waals surface area contributed by atoms with E-state index in [4.69, 9.17) is 4.74 Å². The van der Waals surface area contributed by atoms with Crippen molar-refractivity contribution < 1.29 is 9.53 Å². The van der Waals surface area contributed by atoms with Crippen LogP contribution in [0.15, 0.2) is 30.3 Å². The summed E-state index contributed by atoms with van der Waals surface area (Å²) in [6.45, 7) is 8.97. The lowest BCUT2D eigenvalue weighted by molar-refractivity contribution is 0.0923. The molecule has 2 aromatic rings. The monoisotopic (exact) mass is 356 g/mol. The number of amides is 1. The Balaban J connectivity index is 1.72. The van der Waals surface area contributed by atoms with Gasteiger partial charge in [-0.1, -0.05) is 32.0 Å². The van der Waals surface area contributed by atoms with Gasteiger partial charge in [0.2, 0.25) is 0 Å². The minimum atomic E-state index is -0.0890. The summed E-state index contributed by atoms with van der Waals surface area (Å²) in [4.78, 5) is 12.7. The first-order chi connectivity index (χ1) is 12.6. The Morgan fingerprint density at radius 1 is 1.31 bits per heavy atom. The number of para-hydroxylation sites is 1. The smallest absolute Gasteiger partial charge is 0.272 e. The van der Waals surface area contributed by atoms with Crippen molar-refractivity contribution in [1.29, 1.82) is 0 Å². The molecule has 1 aromatic carbocycles. The summed E-state index contributed by atoms with van der Waals surface area (Å²) in [5.41, 5.74) is 2.70. The minimum absolute atomic E-state index is 0.0890. The molecular weight excluding hydrogens is 328 g/mol. The Labute approximate surface area is 154 Å². The predicted molar refractivity (Wildman–Crippen MR) is 101 cm³/mol. The second-order valence-corrected chi connectivity index (χ2v) is 7.09. The van der Waals surface area contributed by atoms with Gasteiger partial charge < -0.3 is 15.4 Å². The maximum absolute atomic E-state index is 12.7. The van der Waals surface area contributed by atoms with E-state index in [0.29, 0.717) is 31.3 Å². The fourth-order valence-electron chi connectivity index (χ4n) is 3.00. The van der Waals surface area contributed by atoms with Crippen LogP contribution in [-0.2, 0) is 19.5 Å². The second kappa shape index (κ2) is 8.36. The number of hydrogen-bond acceptors (Lipinski definition) is 4. The molecule has 0 saturated heterocycles. The van der Waals surface area contributed by atoms with E-state index in [0.717, 1.165) is 30.0 Å². The highest BCUT2D eigenvalue weighted by Crippen LogP contribution is 2.19. The number of nitrogens with zero attached hydrogens (tertiary/aromatic N) is 2. The lowest BCUT2D eigenvalue weighted by Gasteiger charge is -2.18. The molecular formula is C20H28N4O2. The van der Waals surface area contributed by atoms with E-state index in [1.54, 1.807) is 0 Å². The molecule has 3 rings (SSSR count). The summed E-state index contributed by atoms with van der Waals surface area (Å²) >= 11 is 0. The van der Waals surface area contributed by atoms with Crippen LogP contribution in [0.25, 0.3) is 0 Å². The average Bonchev–Trinajstić information content (AvgIpc) is 3.01. The van der Waals surface area contributed by atoms with Gasteiger partial charge in [0.05, 0.1) is 6.54 Å². The third kappa shape index (κ3) is 4.25. The summed E-state index contributed by atoms with van der Waals surface area (Å²) in [6, 6.07) is 9.86. The molecule has 6 heteroatoms. The predicted octanol–water partition coefficient (Wildman–Crippen LogP) is 2.38. The summed E-state index contributed by atoms with van der Waals surface area (Å²) in [5.74, 6) is 1.14. The Kier molecular flexibility index (Phi) is 5.93. The van der Waals surface area contributed by atoms with Gasteiger partial charge in [0, 0.05) is 36.8 Å². The molecule has 1 atom stereocenters. The van der Waals surface area contributed by atoms with Crippen molar-refractivity contribution in [3.05, 3.63) is 47.3 Å². The highest BCUT2D eigenvalue weighted by Gasteiger charge is 2.25. The molecule has 0 aliphatic carbocycles. The first kappa shape index (κ1) is 18.5. The van der Waals surface area contributed by atoms with E-state index in [2.05, 4.69) is 29.6 Å². The molecule has 26 heavy (non-hydrogen) atoms. The van der Waals surface area contributed by atoms with Gasteiger partial charge in [-0.2, -0.15) is 5.10 Å². The molecule has 0 spiro atoms. The zero-order valence-corrected chi connectivity index (χ0v) is 15.8. The van der Waals surface area contributed by atoms with Crippen LogP contribution in [0, 0.1) is 5.92 Å². The highest BCUT2D eigenvalue weighted by molar-refractivity contribution is 5.94. The zero-order valence-electron chi connectivity index (χ0n) is 15.8. The number of rotatable bonds is 7. The lowest BCUT2D eigenvalue weighted by atomic mass is 10.0. The van der Waals surface area contributed by atoms with Crippen molar-refractivity contribution in [2.24, 2.45) is 5.92 Å². The summed E-state index contributed by atoms with van der Waals surface area (Å²) in [5, 5.41) is 11.0. The summed E-state index contributed by atoms with van der Waals surface area (Å²) in [7, 11) is 0. The number of aromatic nitrogens is 2. The quantitative estimate of drug-likeness (QED) is 0.799. The third-order valence-electron chi connectivity index (χ3n) is 4.90. The molecule has 2 N–H and O–H groups in total. The van der Waals surface area contributed by atoms with Gasteiger partial charge in [-0.15, -0.1) is 0 Å².